The van der Waals surface area contributed by atoms with Gasteiger partial charge in [0.1, 0.15) is 31.6 Å². The Hall–Kier alpha value is -2.99. The first kappa shape index (κ1) is 19.0. The van der Waals surface area contributed by atoms with Gasteiger partial charge in [-0.1, -0.05) is 24.8 Å². The van der Waals surface area contributed by atoms with E-state index in [-0.39, 0.29) is 11.2 Å². The minimum atomic E-state index is -0.142. The van der Waals surface area contributed by atoms with Gasteiger partial charge in [0.25, 0.3) is 0 Å². The first-order valence-electron chi connectivity index (χ1n) is 10.6. The standard InChI is InChI=1S/C24H25NO5/c1-15-6-8-25(9-7-15)13-18-20(26)4-3-17-23(27)19(14-30-24(17)18)16-2-5-21-22(12-16)29-11-10-28-21/h2-5,12,14-15,26H,6-11,13H2,1H3. The molecule has 0 saturated carbocycles. The molecule has 0 spiro atoms. The molecule has 6 nitrogen and oxygen atoms in total. The van der Waals surface area contributed by atoms with E-state index in [9.17, 15) is 9.90 Å². The van der Waals surface area contributed by atoms with Crippen LogP contribution in [0.3, 0.4) is 0 Å². The van der Waals surface area contributed by atoms with E-state index in [1.807, 2.05) is 6.07 Å². The van der Waals surface area contributed by atoms with Gasteiger partial charge in [0, 0.05) is 5.56 Å². The molecule has 0 atom stereocenters. The van der Waals surface area contributed by atoms with Crippen molar-refractivity contribution in [3.63, 3.8) is 0 Å². The van der Waals surface area contributed by atoms with Crippen LogP contribution >= 0.6 is 0 Å². The average Bonchev–Trinajstić information content (AvgIpc) is 2.77. The molecule has 0 radical (unpaired) electrons. The molecule has 1 aromatic heterocycles. The van der Waals surface area contributed by atoms with Crippen LogP contribution < -0.4 is 24.9 Å². The summed E-state index contributed by atoms with van der Waals surface area (Å²) in [7, 11) is 0. The lowest BCUT2D eigenvalue weighted by molar-refractivity contribution is -0.919. The molecule has 0 unspecified atom stereocenters. The van der Waals surface area contributed by atoms with Gasteiger partial charge in [-0.2, -0.15) is 0 Å². The van der Waals surface area contributed by atoms with E-state index in [0.717, 1.165) is 31.8 Å². The highest BCUT2D eigenvalue weighted by atomic mass is 16.6. The number of quaternary nitrogens is 1. The lowest BCUT2D eigenvalue weighted by Crippen LogP contribution is -3.11. The Labute approximate surface area is 174 Å². The Morgan fingerprint density at radius 2 is 1.83 bits per heavy atom. The van der Waals surface area contributed by atoms with Crippen LogP contribution in [0.2, 0.25) is 0 Å². The zero-order valence-corrected chi connectivity index (χ0v) is 17.0. The smallest absolute Gasteiger partial charge is 0.200 e. The zero-order chi connectivity index (χ0) is 20.7. The van der Waals surface area contributed by atoms with Crippen molar-refractivity contribution >= 4 is 11.0 Å². The van der Waals surface area contributed by atoms with E-state index in [1.165, 1.54) is 17.2 Å². The van der Waals surface area contributed by atoms with Gasteiger partial charge in [-0.25, -0.2) is 0 Å². The number of rotatable bonds is 3. The Bertz CT molecular complexity index is 1140. The summed E-state index contributed by atoms with van der Waals surface area (Å²) in [4.78, 5) is 14.6. The minimum absolute atomic E-state index is 0.0659. The molecule has 156 valence electrons. The lowest BCUT2D eigenvalue weighted by atomic mass is 9.98. The van der Waals surface area contributed by atoms with Gasteiger partial charge in [-0.15, -0.1) is 0 Å². The Morgan fingerprint density at radius 1 is 1.07 bits per heavy atom. The van der Waals surface area contributed by atoms with Crippen molar-refractivity contribution in [3.8, 4) is 28.4 Å². The second-order valence-electron chi connectivity index (χ2n) is 8.37. The van der Waals surface area contributed by atoms with Crippen LogP contribution in [0, 0.1) is 5.92 Å². The third-order valence-electron chi connectivity index (χ3n) is 6.26. The number of likely N-dealkylation sites (tertiary alicyclic amines) is 1. The summed E-state index contributed by atoms with van der Waals surface area (Å²) in [5, 5.41) is 13.0. The van der Waals surface area contributed by atoms with E-state index in [2.05, 4.69) is 6.92 Å². The Kier molecular flexibility index (Phi) is 4.87. The van der Waals surface area contributed by atoms with Gasteiger partial charge in [-0.05, 0) is 42.5 Å². The third kappa shape index (κ3) is 3.41. The lowest BCUT2D eigenvalue weighted by Gasteiger charge is -2.28. The molecule has 1 fully saturated rings. The van der Waals surface area contributed by atoms with Crippen LogP contribution in [0.5, 0.6) is 17.2 Å². The second-order valence-corrected chi connectivity index (χ2v) is 8.37. The monoisotopic (exact) mass is 407 g/mol. The summed E-state index contributed by atoms with van der Waals surface area (Å²) < 4.78 is 17.1. The van der Waals surface area contributed by atoms with Crippen LogP contribution in [0.1, 0.15) is 25.3 Å². The van der Waals surface area contributed by atoms with Gasteiger partial charge < -0.3 is 23.9 Å². The summed E-state index contributed by atoms with van der Waals surface area (Å²) in [5.41, 5.74) is 2.03. The highest BCUT2D eigenvalue weighted by Gasteiger charge is 2.22. The molecule has 1 N–H and O–H groups in total. The number of hydrogen-bond donors (Lipinski definition) is 1. The average molecular weight is 407 g/mol. The van der Waals surface area contributed by atoms with E-state index >= 15 is 0 Å². The molecular formula is C24H25NO5. The molecule has 3 aromatic rings. The van der Waals surface area contributed by atoms with Crippen LogP contribution in [-0.4, -0.2) is 26.3 Å². The molecule has 0 amide bonds. The van der Waals surface area contributed by atoms with Gasteiger partial charge in [-0.3, -0.25) is 4.79 Å². The zero-order valence-electron chi connectivity index (χ0n) is 17.0. The van der Waals surface area contributed by atoms with Gasteiger partial charge in [0.15, 0.2) is 11.5 Å². The predicted molar refractivity (Wildman–Crippen MR) is 111 cm³/mol. The summed E-state index contributed by atoms with van der Waals surface area (Å²) >= 11 is 0. The molecule has 2 aliphatic heterocycles. The maximum atomic E-state index is 13.3. The van der Waals surface area contributed by atoms with Crippen LogP contribution in [-0.2, 0) is 6.54 Å². The first-order chi connectivity index (χ1) is 14.6. The molecule has 6 heteroatoms. The molecule has 5 rings (SSSR count). The van der Waals surface area contributed by atoms with Crippen molar-refractivity contribution in [2.45, 2.75) is 26.3 Å². The highest BCUT2D eigenvalue weighted by molar-refractivity contribution is 5.85. The molecule has 0 bridgehead atoms. The topological polar surface area (TPSA) is 76.2 Å². The summed E-state index contributed by atoms with van der Waals surface area (Å²) in [5.74, 6) is 1.97. The normalized spacial score (nSPS) is 21.0. The van der Waals surface area contributed by atoms with E-state index < -0.39 is 0 Å². The largest absolute Gasteiger partial charge is 0.872 e. The maximum Gasteiger partial charge on any atom is 0.200 e. The molecular weight excluding hydrogens is 382 g/mol. The van der Waals surface area contributed by atoms with Crippen molar-refractivity contribution in [3.05, 3.63) is 52.4 Å². The Morgan fingerprint density at radius 3 is 2.63 bits per heavy atom. The minimum Gasteiger partial charge on any atom is -0.872 e. The van der Waals surface area contributed by atoms with E-state index in [4.69, 9.17) is 13.9 Å². The van der Waals surface area contributed by atoms with Crippen molar-refractivity contribution in [2.24, 2.45) is 5.92 Å². The van der Waals surface area contributed by atoms with Gasteiger partial charge in [0.05, 0.1) is 24.0 Å². The van der Waals surface area contributed by atoms with E-state index in [1.54, 1.807) is 18.2 Å². The third-order valence-corrected chi connectivity index (χ3v) is 6.26. The molecule has 3 heterocycles. The van der Waals surface area contributed by atoms with Crippen molar-refractivity contribution in [1.29, 1.82) is 0 Å². The van der Waals surface area contributed by atoms with Crippen molar-refractivity contribution < 1.29 is 23.9 Å². The molecule has 1 saturated heterocycles. The Balaban J connectivity index is 1.53. The number of fused-ring (bicyclic) bond motifs is 2. The van der Waals surface area contributed by atoms with Gasteiger partial charge >= 0.3 is 0 Å². The second kappa shape index (κ2) is 7.69. The summed E-state index contributed by atoms with van der Waals surface area (Å²) in [6.07, 6.45) is 3.78. The van der Waals surface area contributed by atoms with Crippen molar-refractivity contribution in [1.82, 2.24) is 0 Å². The fourth-order valence-corrected chi connectivity index (χ4v) is 4.41. The molecule has 0 aliphatic carbocycles. The quantitative estimate of drug-likeness (QED) is 0.720. The SMILES string of the molecule is CC1CC[NH+](Cc2c([O-])ccc3c(=O)c(-c4ccc5c(c4)OCCO5)coc23)CC1. The van der Waals surface area contributed by atoms with Gasteiger partial charge in [0.2, 0.25) is 5.43 Å². The van der Waals surface area contributed by atoms with Crippen LogP contribution in [0.25, 0.3) is 22.1 Å². The van der Waals surface area contributed by atoms with E-state index in [0.29, 0.717) is 58.9 Å². The summed E-state index contributed by atoms with van der Waals surface area (Å²) in [6.45, 7) is 5.94. The number of hydrogen-bond acceptors (Lipinski definition) is 5. The maximum absolute atomic E-state index is 13.3. The van der Waals surface area contributed by atoms with Crippen LogP contribution in [0.4, 0.5) is 0 Å². The molecule has 30 heavy (non-hydrogen) atoms. The number of nitrogens with one attached hydrogen (secondary N) is 1. The molecule has 2 aliphatic rings. The highest BCUT2D eigenvalue weighted by Crippen LogP contribution is 2.34. The van der Waals surface area contributed by atoms with Crippen molar-refractivity contribution in [2.75, 3.05) is 26.3 Å². The number of ether oxygens (including phenoxy) is 2. The number of benzene rings is 2. The fourth-order valence-electron chi connectivity index (χ4n) is 4.41. The predicted octanol–water partition coefficient (Wildman–Crippen LogP) is 2.12. The van der Waals surface area contributed by atoms with Crippen LogP contribution in [0.15, 0.2) is 45.8 Å². The number of piperidine rings is 1. The molecule has 2 aromatic carbocycles. The first-order valence-corrected chi connectivity index (χ1v) is 10.6. The summed E-state index contributed by atoms with van der Waals surface area (Å²) in [6, 6.07) is 8.51. The fraction of sp³-hybridized carbons (Fsp3) is 0.375.